The van der Waals surface area contributed by atoms with Gasteiger partial charge in [-0.1, -0.05) is 5.18 Å². The maximum atomic E-state index is 4.29. The lowest BCUT2D eigenvalue weighted by atomic mass is 10.4. The number of pyridine rings is 1. The van der Waals surface area contributed by atoms with Gasteiger partial charge in [-0.2, -0.15) is 0 Å². The van der Waals surface area contributed by atoms with Gasteiger partial charge in [-0.25, -0.2) is 0 Å². The molecule has 0 saturated carbocycles. The molecule has 0 saturated heterocycles. The summed E-state index contributed by atoms with van der Waals surface area (Å²) in [6, 6.07) is 3.86. The summed E-state index contributed by atoms with van der Waals surface area (Å²) >= 11 is 1.56. The molecule has 0 bridgehead atoms. The standard InChI is InChI=1S/C8H6N2S/c1-2-7-8(9-4-1)3-5-11-6-10-7/h1-4H,6H2. The summed E-state index contributed by atoms with van der Waals surface area (Å²) in [7, 11) is 0. The number of rotatable bonds is 0. The van der Waals surface area contributed by atoms with Crippen LogP contribution in [0.2, 0.25) is 0 Å². The average Bonchev–Trinajstić information content (AvgIpc) is 2.28. The van der Waals surface area contributed by atoms with E-state index in [1.807, 2.05) is 18.2 Å². The molecule has 2 heterocycles. The minimum Gasteiger partial charge on any atom is -0.268 e. The van der Waals surface area contributed by atoms with Crippen LogP contribution in [0.25, 0.3) is 6.08 Å². The van der Waals surface area contributed by atoms with Crippen LogP contribution in [-0.2, 0) is 0 Å². The fraction of sp³-hybridized carbons (Fsp3) is 0.125. The fourth-order valence-electron chi connectivity index (χ4n) is 0.891. The first-order valence-electron chi connectivity index (χ1n) is 3.30. The Labute approximate surface area is 67.9 Å². The predicted octanol–water partition coefficient (Wildman–Crippen LogP) is 0.145. The molecule has 11 heavy (non-hydrogen) atoms. The van der Waals surface area contributed by atoms with Crippen molar-refractivity contribution in [1.82, 2.24) is 4.98 Å². The zero-order valence-corrected chi connectivity index (χ0v) is 6.64. The van der Waals surface area contributed by atoms with Gasteiger partial charge in [0.25, 0.3) is 0 Å². The van der Waals surface area contributed by atoms with E-state index in [0.29, 0.717) is 0 Å². The summed E-state index contributed by atoms with van der Waals surface area (Å²) in [6.45, 7) is 0. The molecule has 54 valence electrons. The molecule has 0 N–H and O–H groups in total. The molecule has 0 amide bonds. The Morgan fingerprint density at radius 3 is 3.55 bits per heavy atom. The third-order valence-corrected chi connectivity index (χ3v) is 1.94. The molecule has 1 aromatic rings. The first kappa shape index (κ1) is 6.53. The lowest BCUT2D eigenvalue weighted by Gasteiger charge is -1.83. The maximum Gasteiger partial charge on any atom is 0.109 e. The monoisotopic (exact) mass is 162 g/mol. The zero-order valence-electron chi connectivity index (χ0n) is 5.82. The fourth-order valence-corrected chi connectivity index (χ4v) is 1.36. The van der Waals surface area contributed by atoms with Crippen LogP contribution in [0.1, 0.15) is 0 Å². The number of hydrogen-bond acceptors (Lipinski definition) is 2. The van der Waals surface area contributed by atoms with Gasteiger partial charge in [0.1, 0.15) is 5.88 Å². The van der Waals surface area contributed by atoms with Crippen molar-refractivity contribution >= 4 is 17.2 Å². The van der Waals surface area contributed by atoms with Gasteiger partial charge in [-0.3, -0.25) is 9.98 Å². The van der Waals surface area contributed by atoms with E-state index in [0.717, 1.165) is 16.6 Å². The van der Waals surface area contributed by atoms with Crippen molar-refractivity contribution in [3.63, 3.8) is 0 Å². The smallest absolute Gasteiger partial charge is 0.109 e. The van der Waals surface area contributed by atoms with Crippen molar-refractivity contribution in [3.05, 3.63) is 29.0 Å². The normalized spacial score (nSPS) is 13.5. The highest BCUT2D eigenvalue weighted by molar-refractivity contribution is 7.88. The molecule has 0 aromatic carbocycles. The molecule has 0 fully saturated rings. The molecule has 2 nitrogen and oxygen atoms in total. The Bertz CT molecular complexity index is 439. The van der Waals surface area contributed by atoms with E-state index >= 15 is 0 Å². The number of nitrogens with zero attached hydrogens (tertiary/aromatic N) is 2. The molecule has 1 aromatic heterocycles. The third-order valence-electron chi connectivity index (χ3n) is 1.39. The van der Waals surface area contributed by atoms with Gasteiger partial charge in [-0.05, 0) is 12.1 Å². The average molecular weight is 162 g/mol. The molecule has 0 spiro atoms. The minimum absolute atomic E-state index is 0.745. The van der Waals surface area contributed by atoms with Gasteiger partial charge >= 0.3 is 0 Å². The second-order valence-electron chi connectivity index (χ2n) is 2.10. The second kappa shape index (κ2) is 2.82. The highest BCUT2D eigenvalue weighted by atomic mass is 32.1. The predicted molar refractivity (Wildman–Crippen MR) is 45.8 cm³/mol. The highest BCUT2D eigenvalue weighted by Gasteiger charge is 1.86. The third kappa shape index (κ3) is 1.29. The lowest BCUT2D eigenvalue weighted by molar-refractivity contribution is 1.13. The van der Waals surface area contributed by atoms with E-state index in [4.69, 9.17) is 0 Å². The van der Waals surface area contributed by atoms with Gasteiger partial charge < -0.3 is 0 Å². The SMILES string of the molecule is C1#SCN=c2cccnc2=C1. The van der Waals surface area contributed by atoms with Crippen molar-refractivity contribution in [2.75, 3.05) is 5.88 Å². The van der Waals surface area contributed by atoms with Crippen LogP contribution in [0.3, 0.4) is 0 Å². The van der Waals surface area contributed by atoms with Crippen LogP contribution < -0.4 is 10.7 Å². The number of hydrogen-bond donors (Lipinski definition) is 0. The van der Waals surface area contributed by atoms with Crippen molar-refractivity contribution in [1.29, 1.82) is 0 Å². The van der Waals surface area contributed by atoms with Crippen molar-refractivity contribution in [2.45, 2.75) is 0 Å². The Hall–Kier alpha value is -1.18. The topological polar surface area (TPSA) is 25.2 Å². The first-order chi connectivity index (χ1) is 5.47. The maximum absolute atomic E-state index is 4.29. The number of fused-ring (bicyclic) bond motifs is 1. The van der Waals surface area contributed by atoms with Gasteiger partial charge in [-0.15, -0.1) is 11.2 Å². The van der Waals surface area contributed by atoms with E-state index < -0.39 is 0 Å². The minimum atomic E-state index is 0.745. The molecule has 1 aliphatic heterocycles. The number of aromatic nitrogens is 1. The van der Waals surface area contributed by atoms with Crippen molar-refractivity contribution in [3.8, 4) is 5.18 Å². The molecule has 1 aliphatic rings. The van der Waals surface area contributed by atoms with Gasteiger partial charge in [0.05, 0.1) is 10.7 Å². The van der Waals surface area contributed by atoms with E-state index in [2.05, 4.69) is 15.2 Å². The second-order valence-corrected chi connectivity index (χ2v) is 2.88. The Morgan fingerprint density at radius 2 is 2.55 bits per heavy atom. The largest absolute Gasteiger partial charge is 0.268 e. The lowest BCUT2D eigenvalue weighted by Crippen LogP contribution is -2.27. The van der Waals surface area contributed by atoms with E-state index in [1.54, 1.807) is 17.4 Å². The van der Waals surface area contributed by atoms with Crippen LogP contribution in [-0.4, -0.2) is 10.9 Å². The first-order valence-corrected chi connectivity index (χ1v) is 4.28. The van der Waals surface area contributed by atoms with Crippen LogP contribution in [0, 0.1) is 5.18 Å². The van der Waals surface area contributed by atoms with E-state index in [9.17, 15) is 0 Å². The highest BCUT2D eigenvalue weighted by Crippen LogP contribution is 1.83. The summed E-state index contributed by atoms with van der Waals surface area (Å²) in [5.41, 5.74) is 0. The van der Waals surface area contributed by atoms with Gasteiger partial charge in [0.15, 0.2) is 0 Å². The van der Waals surface area contributed by atoms with Crippen LogP contribution in [0.5, 0.6) is 0 Å². The van der Waals surface area contributed by atoms with Crippen LogP contribution in [0.4, 0.5) is 0 Å². The summed E-state index contributed by atoms with van der Waals surface area (Å²) in [4.78, 5) is 8.45. The van der Waals surface area contributed by atoms with Crippen molar-refractivity contribution < 1.29 is 0 Å². The summed E-state index contributed by atoms with van der Waals surface area (Å²) in [5, 5.41) is 4.92. The zero-order chi connectivity index (χ0) is 7.52. The Morgan fingerprint density at radius 1 is 1.55 bits per heavy atom. The van der Waals surface area contributed by atoms with Crippen molar-refractivity contribution in [2.24, 2.45) is 4.99 Å². The molecule has 0 aliphatic carbocycles. The molecule has 0 unspecified atom stereocenters. The molecular formula is C8H6N2S. The summed E-state index contributed by atoms with van der Waals surface area (Å²) in [5.74, 6) is 0.745. The molecule has 0 radical (unpaired) electrons. The van der Waals surface area contributed by atoms with Gasteiger partial charge in [0.2, 0.25) is 0 Å². The quantitative estimate of drug-likeness (QED) is 0.533. The summed E-state index contributed by atoms with van der Waals surface area (Å²) < 4.78 is 0. The molecule has 0 atom stereocenters. The van der Waals surface area contributed by atoms with Crippen LogP contribution in [0.15, 0.2) is 23.3 Å². The van der Waals surface area contributed by atoms with Gasteiger partial charge in [0, 0.05) is 12.3 Å². The Kier molecular flexibility index (Phi) is 1.68. The Balaban J connectivity index is 2.84. The van der Waals surface area contributed by atoms with Crippen LogP contribution >= 0.6 is 11.2 Å². The van der Waals surface area contributed by atoms with E-state index in [1.165, 1.54) is 0 Å². The van der Waals surface area contributed by atoms with E-state index in [-0.39, 0.29) is 0 Å². The molecule has 2 rings (SSSR count). The molecular weight excluding hydrogens is 156 g/mol. The summed E-state index contributed by atoms with van der Waals surface area (Å²) in [6.07, 6.45) is 3.64. The molecule has 3 heteroatoms.